The second-order valence-electron chi connectivity index (χ2n) is 5.22. The molecule has 0 fully saturated rings. The van der Waals surface area contributed by atoms with Gasteiger partial charge in [0.05, 0.1) is 5.69 Å². The Kier molecular flexibility index (Phi) is 3.26. The van der Waals surface area contributed by atoms with Crippen LogP contribution in [0, 0.1) is 6.20 Å². The molecule has 0 bridgehead atoms. The van der Waals surface area contributed by atoms with E-state index < -0.39 is 0 Å². The molecule has 5 heteroatoms. The van der Waals surface area contributed by atoms with E-state index in [-0.39, 0.29) is 20.1 Å². The largest absolute Gasteiger partial charge is 0.354 e. The molecule has 113 valence electrons. The molecule has 0 N–H and O–H groups in total. The third-order valence-electron chi connectivity index (χ3n) is 3.99. The Hall–Kier alpha value is -2.49. The molecule has 0 aliphatic heterocycles. The SMILES string of the molecule is [Ir].[c-]1nn(-c2ccccc2)c2c1c1nccn1c1ccccc21. The molecule has 0 unspecified atom stereocenters. The van der Waals surface area contributed by atoms with Gasteiger partial charge in [-0.15, -0.1) is 5.39 Å². The van der Waals surface area contributed by atoms with E-state index in [4.69, 9.17) is 0 Å². The minimum Gasteiger partial charge on any atom is -0.354 e. The Bertz CT molecular complexity index is 1130. The van der Waals surface area contributed by atoms with Crippen LogP contribution in [0.3, 0.4) is 0 Å². The number of rotatable bonds is 1. The molecule has 1 radical (unpaired) electrons. The Balaban J connectivity index is 0.00000135. The van der Waals surface area contributed by atoms with Crippen LogP contribution in [-0.4, -0.2) is 19.2 Å². The van der Waals surface area contributed by atoms with Gasteiger partial charge < -0.3 is 9.38 Å². The van der Waals surface area contributed by atoms with E-state index in [0.29, 0.717) is 0 Å². The molecular weight excluding hydrogens is 464 g/mol. The van der Waals surface area contributed by atoms with E-state index in [1.165, 1.54) is 0 Å². The smallest absolute Gasteiger partial charge is 0.0501 e. The van der Waals surface area contributed by atoms with Crippen molar-refractivity contribution < 1.29 is 20.1 Å². The van der Waals surface area contributed by atoms with E-state index in [1.807, 2.05) is 59.5 Å². The number of imidazole rings is 1. The summed E-state index contributed by atoms with van der Waals surface area (Å²) in [5, 5.41) is 6.56. The van der Waals surface area contributed by atoms with Crippen molar-refractivity contribution in [3.05, 3.63) is 73.2 Å². The summed E-state index contributed by atoms with van der Waals surface area (Å²) >= 11 is 0. The van der Waals surface area contributed by atoms with Crippen molar-refractivity contribution in [2.75, 3.05) is 0 Å². The summed E-state index contributed by atoms with van der Waals surface area (Å²) in [6.45, 7) is 0. The maximum Gasteiger partial charge on any atom is 0.0501 e. The summed E-state index contributed by atoms with van der Waals surface area (Å²) in [5.41, 5.74) is 4.07. The van der Waals surface area contributed by atoms with Gasteiger partial charge in [-0.3, -0.25) is 9.78 Å². The Morgan fingerprint density at radius 1 is 0.913 bits per heavy atom. The van der Waals surface area contributed by atoms with Gasteiger partial charge in [0.25, 0.3) is 0 Å². The fraction of sp³-hybridized carbons (Fsp3) is 0. The molecule has 0 saturated heterocycles. The maximum atomic E-state index is 4.48. The third-order valence-corrected chi connectivity index (χ3v) is 3.99. The Labute approximate surface area is 145 Å². The van der Waals surface area contributed by atoms with Crippen molar-refractivity contribution in [1.29, 1.82) is 0 Å². The Morgan fingerprint density at radius 2 is 1.70 bits per heavy atom. The third kappa shape index (κ3) is 1.94. The predicted molar refractivity (Wildman–Crippen MR) is 86.2 cm³/mol. The predicted octanol–water partition coefficient (Wildman–Crippen LogP) is 3.62. The number of hydrogen-bond acceptors (Lipinski definition) is 2. The van der Waals surface area contributed by atoms with E-state index in [0.717, 1.165) is 33.1 Å². The maximum absolute atomic E-state index is 4.48. The van der Waals surface area contributed by atoms with Crippen LogP contribution < -0.4 is 0 Å². The fourth-order valence-corrected chi connectivity index (χ4v) is 3.04. The van der Waals surface area contributed by atoms with Gasteiger partial charge in [-0.25, -0.2) is 0 Å². The molecule has 3 heterocycles. The number of fused-ring (bicyclic) bond motifs is 6. The van der Waals surface area contributed by atoms with E-state index >= 15 is 0 Å². The molecule has 0 aliphatic rings. The average Bonchev–Trinajstić information content (AvgIpc) is 3.23. The number of aromatic nitrogens is 4. The van der Waals surface area contributed by atoms with Crippen LogP contribution >= 0.6 is 0 Å². The number of nitrogens with zero attached hydrogens (tertiary/aromatic N) is 4. The minimum atomic E-state index is 0. The molecule has 2 aromatic carbocycles. The van der Waals surface area contributed by atoms with Gasteiger partial charge in [0.15, 0.2) is 0 Å². The van der Waals surface area contributed by atoms with Crippen molar-refractivity contribution in [3.8, 4) is 5.69 Å². The monoisotopic (exact) mass is 476 g/mol. The van der Waals surface area contributed by atoms with Gasteiger partial charge in [0, 0.05) is 43.7 Å². The van der Waals surface area contributed by atoms with Gasteiger partial charge in [-0.2, -0.15) is 0 Å². The Morgan fingerprint density at radius 3 is 2.57 bits per heavy atom. The molecule has 0 saturated carbocycles. The summed E-state index contributed by atoms with van der Waals surface area (Å²) in [5.74, 6) is 0. The molecule has 0 spiro atoms. The molecule has 4 nitrogen and oxygen atoms in total. The molecule has 0 atom stereocenters. The molecule has 3 aromatic heterocycles. The van der Waals surface area contributed by atoms with Crippen molar-refractivity contribution in [3.63, 3.8) is 0 Å². The number of benzene rings is 2. The van der Waals surface area contributed by atoms with Crippen molar-refractivity contribution in [1.82, 2.24) is 19.2 Å². The zero-order valence-electron chi connectivity index (χ0n) is 12.0. The normalized spacial score (nSPS) is 11.1. The van der Waals surface area contributed by atoms with E-state index in [2.05, 4.69) is 32.8 Å². The van der Waals surface area contributed by atoms with Gasteiger partial charge in [0.1, 0.15) is 0 Å². The van der Waals surface area contributed by atoms with Gasteiger partial charge in [-0.05, 0) is 35.3 Å². The van der Waals surface area contributed by atoms with Crippen LogP contribution in [0.5, 0.6) is 0 Å². The fourth-order valence-electron chi connectivity index (χ4n) is 3.04. The molecule has 5 aromatic rings. The topological polar surface area (TPSA) is 35.1 Å². The molecule has 23 heavy (non-hydrogen) atoms. The average molecular weight is 476 g/mol. The first kappa shape index (κ1) is 14.1. The number of para-hydroxylation sites is 2. The van der Waals surface area contributed by atoms with Crippen LogP contribution in [0.4, 0.5) is 0 Å². The van der Waals surface area contributed by atoms with Crippen LogP contribution in [0.25, 0.3) is 33.1 Å². The van der Waals surface area contributed by atoms with E-state index in [1.54, 1.807) is 0 Å². The first-order valence-corrected chi connectivity index (χ1v) is 7.13. The summed E-state index contributed by atoms with van der Waals surface area (Å²) in [6.07, 6.45) is 6.93. The van der Waals surface area contributed by atoms with Crippen LogP contribution in [0.2, 0.25) is 0 Å². The summed E-state index contributed by atoms with van der Waals surface area (Å²) in [7, 11) is 0. The van der Waals surface area contributed by atoms with Crippen LogP contribution in [-0.2, 0) is 20.1 Å². The number of pyridine rings is 1. The zero-order valence-corrected chi connectivity index (χ0v) is 14.4. The van der Waals surface area contributed by atoms with Crippen LogP contribution in [0.1, 0.15) is 0 Å². The van der Waals surface area contributed by atoms with Crippen LogP contribution in [0.15, 0.2) is 67.0 Å². The summed E-state index contributed by atoms with van der Waals surface area (Å²) in [6, 6.07) is 18.4. The van der Waals surface area contributed by atoms with Crippen molar-refractivity contribution in [2.45, 2.75) is 0 Å². The second kappa shape index (κ2) is 5.30. The molecule has 5 rings (SSSR count). The van der Waals surface area contributed by atoms with Gasteiger partial charge in [-0.1, -0.05) is 36.4 Å². The van der Waals surface area contributed by atoms with Crippen molar-refractivity contribution >= 4 is 27.5 Å². The first-order chi connectivity index (χ1) is 10.9. The first-order valence-electron chi connectivity index (χ1n) is 7.13. The quantitative estimate of drug-likeness (QED) is 0.347. The van der Waals surface area contributed by atoms with Gasteiger partial charge >= 0.3 is 0 Å². The molecule has 0 aliphatic carbocycles. The molecule has 0 amide bonds. The minimum absolute atomic E-state index is 0. The standard InChI is InChI=1S/C18H11N4.Ir/c1-2-6-13(7-3-1)22-17-14-8-4-5-9-16(14)21-11-10-19-18(21)15(17)12-20-22;/h1-11H;/q-1;. The molecular formula is C18H11IrN4-. The zero-order chi connectivity index (χ0) is 14.5. The van der Waals surface area contributed by atoms with Crippen molar-refractivity contribution in [2.24, 2.45) is 0 Å². The summed E-state index contributed by atoms with van der Waals surface area (Å²) in [4.78, 5) is 4.48. The number of hydrogen-bond donors (Lipinski definition) is 0. The summed E-state index contributed by atoms with van der Waals surface area (Å²) < 4.78 is 4.03. The van der Waals surface area contributed by atoms with Gasteiger partial charge in [0.2, 0.25) is 0 Å². The second-order valence-corrected chi connectivity index (χ2v) is 5.22. The van der Waals surface area contributed by atoms with E-state index in [9.17, 15) is 0 Å².